The number of rotatable bonds is 4. The van der Waals surface area contributed by atoms with Crippen LogP contribution in [0.15, 0.2) is 45.6 Å². The van der Waals surface area contributed by atoms with Crippen molar-refractivity contribution in [3.05, 3.63) is 72.9 Å². The lowest BCUT2D eigenvalue weighted by atomic mass is 10.3. The molecule has 0 spiro atoms. The molecule has 3 heterocycles. The van der Waals surface area contributed by atoms with Gasteiger partial charge in [0.1, 0.15) is 5.56 Å². The van der Waals surface area contributed by atoms with Crippen molar-refractivity contribution in [3.63, 3.8) is 0 Å². The summed E-state index contributed by atoms with van der Waals surface area (Å²) in [5.74, 6) is -0.586. The van der Waals surface area contributed by atoms with Crippen LogP contribution < -0.4 is 16.6 Å². The van der Waals surface area contributed by atoms with Gasteiger partial charge < -0.3 is 4.98 Å². The summed E-state index contributed by atoms with van der Waals surface area (Å²) < 4.78 is 0.984. The Labute approximate surface area is 139 Å². The molecular formula is C15H13N5O3S. The van der Waals surface area contributed by atoms with E-state index in [2.05, 4.69) is 20.3 Å². The lowest BCUT2D eigenvalue weighted by Gasteiger charge is -2.06. The monoisotopic (exact) mass is 343 g/mol. The van der Waals surface area contributed by atoms with Crippen molar-refractivity contribution in [2.75, 3.05) is 5.32 Å². The average molecular weight is 343 g/mol. The van der Waals surface area contributed by atoms with Gasteiger partial charge >= 0.3 is 5.69 Å². The van der Waals surface area contributed by atoms with E-state index in [1.54, 1.807) is 13.0 Å². The first-order valence-corrected chi connectivity index (χ1v) is 7.88. The molecule has 0 unspecified atom stereocenters. The molecule has 0 saturated carbocycles. The summed E-state index contributed by atoms with van der Waals surface area (Å²) in [6, 6.07) is 5.32. The van der Waals surface area contributed by atoms with Crippen molar-refractivity contribution in [2.24, 2.45) is 0 Å². The highest BCUT2D eigenvalue weighted by atomic mass is 32.1. The minimum Gasteiger partial charge on any atom is -0.313 e. The zero-order chi connectivity index (χ0) is 17.1. The Hall–Kier alpha value is -3.07. The van der Waals surface area contributed by atoms with Crippen LogP contribution in [-0.2, 0) is 6.54 Å². The van der Waals surface area contributed by atoms with Crippen LogP contribution in [-0.4, -0.2) is 25.4 Å². The topological polar surface area (TPSA) is 110 Å². The number of hydrogen-bond acceptors (Lipinski definition) is 6. The highest BCUT2D eigenvalue weighted by Gasteiger charge is 2.16. The number of carbonyl (C=O) groups excluding carboxylic acids is 1. The average Bonchev–Trinajstić information content (AvgIpc) is 3.04. The molecule has 0 fully saturated rings. The molecule has 0 aliphatic heterocycles. The quantitative estimate of drug-likeness (QED) is 0.734. The second-order valence-corrected chi connectivity index (χ2v) is 5.99. The van der Waals surface area contributed by atoms with Crippen LogP contribution in [0.2, 0.25) is 0 Å². The van der Waals surface area contributed by atoms with E-state index in [-0.39, 0.29) is 18.1 Å². The maximum atomic E-state index is 12.5. The van der Waals surface area contributed by atoms with E-state index in [0.29, 0.717) is 5.69 Å². The molecule has 0 aliphatic rings. The fourth-order valence-corrected chi connectivity index (χ4v) is 2.75. The van der Waals surface area contributed by atoms with Gasteiger partial charge in [0, 0.05) is 23.0 Å². The highest BCUT2D eigenvalue weighted by Crippen LogP contribution is 2.08. The summed E-state index contributed by atoms with van der Waals surface area (Å²) in [5.41, 5.74) is -0.748. The van der Waals surface area contributed by atoms with Crippen LogP contribution in [0.3, 0.4) is 0 Å². The molecule has 9 heteroatoms. The van der Waals surface area contributed by atoms with Gasteiger partial charge in [-0.3, -0.25) is 19.5 Å². The largest absolute Gasteiger partial charge is 0.328 e. The molecule has 3 rings (SSSR count). The van der Waals surface area contributed by atoms with E-state index in [0.717, 1.165) is 15.6 Å². The minimum absolute atomic E-state index is 0.0930. The molecule has 2 N–H and O–H groups in total. The zero-order valence-corrected chi connectivity index (χ0v) is 13.5. The lowest BCUT2D eigenvalue weighted by Crippen LogP contribution is -2.39. The normalized spacial score (nSPS) is 10.5. The summed E-state index contributed by atoms with van der Waals surface area (Å²) in [4.78, 5) is 47.9. The molecule has 0 saturated heterocycles. The van der Waals surface area contributed by atoms with E-state index in [1.165, 1.54) is 17.5 Å². The molecule has 0 aromatic carbocycles. The predicted octanol–water partition coefficient (Wildman–Crippen LogP) is 0.997. The van der Waals surface area contributed by atoms with Gasteiger partial charge in [-0.05, 0) is 24.4 Å². The Bertz CT molecular complexity index is 991. The summed E-state index contributed by atoms with van der Waals surface area (Å²) in [7, 11) is 0. The maximum Gasteiger partial charge on any atom is 0.328 e. The molecule has 0 aliphatic carbocycles. The molecule has 1 amide bonds. The molecule has 24 heavy (non-hydrogen) atoms. The number of thiophene rings is 1. The number of nitrogens with zero attached hydrogens (tertiary/aromatic N) is 3. The van der Waals surface area contributed by atoms with Crippen LogP contribution in [0.5, 0.6) is 0 Å². The molecule has 0 atom stereocenters. The second kappa shape index (κ2) is 6.59. The third kappa shape index (κ3) is 3.30. The van der Waals surface area contributed by atoms with Gasteiger partial charge in [-0.25, -0.2) is 14.8 Å². The summed E-state index contributed by atoms with van der Waals surface area (Å²) in [6.07, 6.45) is 2.60. The third-order valence-corrected chi connectivity index (χ3v) is 4.08. The number of aryl methyl sites for hydroxylation is 1. The van der Waals surface area contributed by atoms with E-state index in [9.17, 15) is 14.4 Å². The van der Waals surface area contributed by atoms with Crippen LogP contribution in [0.25, 0.3) is 0 Å². The van der Waals surface area contributed by atoms with Crippen LogP contribution in [0.4, 0.5) is 5.95 Å². The van der Waals surface area contributed by atoms with Crippen molar-refractivity contribution in [3.8, 4) is 0 Å². The summed E-state index contributed by atoms with van der Waals surface area (Å²) >= 11 is 1.42. The number of amides is 1. The summed E-state index contributed by atoms with van der Waals surface area (Å²) in [5, 5.41) is 4.30. The number of anilines is 1. The van der Waals surface area contributed by atoms with Crippen molar-refractivity contribution >= 4 is 23.2 Å². The van der Waals surface area contributed by atoms with Crippen LogP contribution in [0, 0.1) is 6.92 Å². The summed E-state index contributed by atoms with van der Waals surface area (Å²) in [6.45, 7) is 1.86. The van der Waals surface area contributed by atoms with Gasteiger partial charge in [0.05, 0.1) is 6.54 Å². The Morgan fingerprint density at radius 3 is 2.92 bits per heavy atom. The van der Waals surface area contributed by atoms with Gasteiger partial charge in [-0.15, -0.1) is 11.3 Å². The van der Waals surface area contributed by atoms with Gasteiger partial charge in [0.2, 0.25) is 5.95 Å². The molecule has 0 radical (unpaired) electrons. The number of aromatic nitrogens is 4. The van der Waals surface area contributed by atoms with Crippen molar-refractivity contribution in [2.45, 2.75) is 13.5 Å². The zero-order valence-electron chi connectivity index (χ0n) is 12.6. The van der Waals surface area contributed by atoms with Crippen LogP contribution >= 0.6 is 11.3 Å². The fraction of sp³-hybridized carbons (Fsp3) is 0.133. The standard InChI is InChI=1S/C15H13N5O3S/c1-9-4-5-16-14(18-9)19-12(21)11-7-17-15(23)20(13(11)22)8-10-3-2-6-24-10/h2-7H,8H2,1H3,(H,17,23)(H,16,18,19,21). The number of H-pyrrole nitrogens is 1. The van der Waals surface area contributed by atoms with E-state index >= 15 is 0 Å². The first-order chi connectivity index (χ1) is 11.5. The van der Waals surface area contributed by atoms with Gasteiger partial charge in [-0.1, -0.05) is 6.07 Å². The SMILES string of the molecule is Cc1ccnc(NC(=O)c2c[nH]c(=O)n(Cc3cccs3)c2=O)n1. The van der Waals surface area contributed by atoms with Gasteiger partial charge in [0.25, 0.3) is 11.5 Å². The Morgan fingerprint density at radius 1 is 1.38 bits per heavy atom. The Morgan fingerprint density at radius 2 is 2.21 bits per heavy atom. The smallest absolute Gasteiger partial charge is 0.313 e. The minimum atomic E-state index is -0.679. The van der Waals surface area contributed by atoms with E-state index in [1.807, 2.05) is 17.5 Å². The van der Waals surface area contributed by atoms with Crippen LogP contribution in [0.1, 0.15) is 20.9 Å². The second-order valence-electron chi connectivity index (χ2n) is 4.95. The number of carbonyl (C=O) groups is 1. The predicted molar refractivity (Wildman–Crippen MR) is 89.5 cm³/mol. The third-order valence-electron chi connectivity index (χ3n) is 3.22. The van der Waals surface area contributed by atoms with E-state index < -0.39 is 17.2 Å². The number of nitrogens with one attached hydrogen (secondary N) is 2. The number of aromatic amines is 1. The molecule has 8 nitrogen and oxygen atoms in total. The van der Waals surface area contributed by atoms with Gasteiger partial charge in [0.15, 0.2) is 0 Å². The number of hydrogen-bond donors (Lipinski definition) is 2. The molecule has 122 valence electrons. The lowest BCUT2D eigenvalue weighted by molar-refractivity contribution is 0.102. The fourth-order valence-electron chi connectivity index (χ4n) is 2.05. The molecule has 3 aromatic heterocycles. The molecule has 0 bridgehead atoms. The van der Waals surface area contributed by atoms with E-state index in [4.69, 9.17) is 0 Å². The first kappa shape index (κ1) is 15.8. The van der Waals surface area contributed by atoms with Crippen molar-refractivity contribution in [1.29, 1.82) is 0 Å². The van der Waals surface area contributed by atoms with Crippen molar-refractivity contribution < 1.29 is 4.79 Å². The Balaban J connectivity index is 1.92. The Kier molecular flexibility index (Phi) is 4.34. The molecular weight excluding hydrogens is 330 g/mol. The highest BCUT2D eigenvalue weighted by molar-refractivity contribution is 7.09. The maximum absolute atomic E-state index is 12.5. The van der Waals surface area contributed by atoms with Crippen molar-refractivity contribution in [1.82, 2.24) is 19.5 Å². The first-order valence-electron chi connectivity index (χ1n) is 7.00. The van der Waals surface area contributed by atoms with Gasteiger partial charge in [-0.2, -0.15) is 0 Å². The molecule has 3 aromatic rings.